The largest absolute Gasteiger partial charge is 0.468 e. The van der Waals surface area contributed by atoms with Gasteiger partial charge in [0.2, 0.25) is 6.79 Å². The number of carbonyl (C=O) groups is 3. The number of ether oxygens (including phenoxy) is 5. The van der Waals surface area contributed by atoms with Gasteiger partial charge in [-0.05, 0) is 37.0 Å². The lowest BCUT2D eigenvalue weighted by atomic mass is 9.69. The first-order valence-corrected chi connectivity index (χ1v) is 10.8. The Morgan fingerprint density at radius 1 is 1.15 bits per heavy atom. The van der Waals surface area contributed by atoms with Crippen LogP contribution in [0.3, 0.4) is 0 Å². The van der Waals surface area contributed by atoms with Crippen molar-refractivity contribution in [3.63, 3.8) is 0 Å². The molecule has 0 unspecified atom stereocenters. The summed E-state index contributed by atoms with van der Waals surface area (Å²) in [5.74, 6) is -2.33. The zero-order chi connectivity index (χ0) is 23.7. The van der Waals surface area contributed by atoms with Gasteiger partial charge in [-0.1, -0.05) is 13.0 Å². The molecule has 1 N–H and O–H groups in total. The van der Waals surface area contributed by atoms with Crippen molar-refractivity contribution in [3.05, 3.63) is 46.3 Å². The lowest BCUT2D eigenvalue weighted by Crippen LogP contribution is -2.43. The molecule has 2 aliphatic heterocycles. The Kier molecular flexibility index (Phi) is 6.42. The van der Waals surface area contributed by atoms with E-state index in [-0.39, 0.29) is 31.7 Å². The number of allylic oxidation sites excluding steroid dienone is 3. The highest BCUT2D eigenvalue weighted by Crippen LogP contribution is 2.47. The zero-order valence-corrected chi connectivity index (χ0v) is 19.1. The van der Waals surface area contributed by atoms with E-state index >= 15 is 0 Å². The van der Waals surface area contributed by atoms with E-state index in [0.29, 0.717) is 46.0 Å². The van der Waals surface area contributed by atoms with Crippen molar-refractivity contribution in [2.45, 2.75) is 26.2 Å². The smallest absolute Gasteiger partial charge is 0.336 e. The van der Waals surface area contributed by atoms with Gasteiger partial charge in [0.05, 0.1) is 19.3 Å². The summed E-state index contributed by atoms with van der Waals surface area (Å²) in [7, 11) is 2.78. The molecule has 0 bridgehead atoms. The number of carbonyl (C=O) groups excluding carboxylic acids is 3. The molecule has 0 saturated carbocycles. The van der Waals surface area contributed by atoms with Crippen LogP contribution in [0.1, 0.15) is 31.7 Å². The molecule has 3 atom stereocenters. The number of nitrogens with one attached hydrogen (secondary N) is 1. The molecule has 1 aliphatic carbocycles. The third-order valence-electron chi connectivity index (χ3n) is 6.21. The summed E-state index contributed by atoms with van der Waals surface area (Å²) in [4.78, 5) is 39.3. The van der Waals surface area contributed by atoms with Crippen molar-refractivity contribution in [2.75, 3.05) is 34.2 Å². The molecule has 0 spiro atoms. The third kappa shape index (κ3) is 4.08. The normalized spacial score (nSPS) is 23.8. The Balaban J connectivity index is 1.82. The standard InChI is InChI=1S/C24H27NO8/c1-12-9-15-21(22(26)18(12)23(27)30-4)20(14-5-6-16-17(10-14)33-11-32-16)19(13(2)25-15)24(28)31-8-7-29-3/h5-6,10,12,18,20,25H,7-9,11H2,1-4H3/t12-,18-,20+/m1/s1. The van der Waals surface area contributed by atoms with Crippen molar-refractivity contribution in [2.24, 2.45) is 11.8 Å². The number of methoxy groups -OCH3 is 2. The molecular weight excluding hydrogens is 430 g/mol. The first kappa shape index (κ1) is 22.8. The number of hydrogen-bond donors (Lipinski definition) is 1. The molecule has 9 nitrogen and oxygen atoms in total. The summed E-state index contributed by atoms with van der Waals surface area (Å²) in [6, 6.07) is 5.30. The first-order valence-electron chi connectivity index (χ1n) is 10.8. The Morgan fingerprint density at radius 2 is 1.91 bits per heavy atom. The van der Waals surface area contributed by atoms with Gasteiger partial charge in [-0.2, -0.15) is 0 Å². The minimum Gasteiger partial charge on any atom is -0.468 e. The van der Waals surface area contributed by atoms with Crippen molar-refractivity contribution in [3.8, 4) is 11.5 Å². The van der Waals surface area contributed by atoms with Crippen LogP contribution in [0.4, 0.5) is 0 Å². The Bertz CT molecular complexity index is 1060. The van der Waals surface area contributed by atoms with Crippen LogP contribution < -0.4 is 14.8 Å². The molecule has 0 fully saturated rings. The maximum absolute atomic E-state index is 13.7. The molecule has 9 heteroatoms. The van der Waals surface area contributed by atoms with Crippen LogP contribution in [0, 0.1) is 11.8 Å². The molecule has 0 saturated heterocycles. The lowest BCUT2D eigenvalue weighted by Gasteiger charge is -2.38. The van der Waals surface area contributed by atoms with Crippen LogP contribution in [-0.2, 0) is 28.6 Å². The van der Waals surface area contributed by atoms with Gasteiger partial charge in [-0.25, -0.2) is 4.79 Å². The van der Waals surface area contributed by atoms with E-state index in [1.54, 1.807) is 25.1 Å². The lowest BCUT2D eigenvalue weighted by molar-refractivity contribution is -0.151. The van der Waals surface area contributed by atoms with Gasteiger partial charge in [0.25, 0.3) is 0 Å². The number of benzene rings is 1. The molecular formula is C24H27NO8. The molecule has 2 heterocycles. The summed E-state index contributed by atoms with van der Waals surface area (Å²) < 4.78 is 26.3. The number of dihydropyridines is 1. The minimum absolute atomic E-state index is 0.0711. The van der Waals surface area contributed by atoms with Crippen molar-refractivity contribution in [1.29, 1.82) is 0 Å². The quantitative estimate of drug-likeness (QED) is 0.391. The van der Waals surface area contributed by atoms with Crippen LogP contribution in [0.25, 0.3) is 0 Å². The average Bonchev–Trinajstić information content (AvgIpc) is 3.25. The van der Waals surface area contributed by atoms with Gasteiger partial charge in [-0.15, -0.1) is 0 Å². The van der Waals surface area contributed by atoms with Gasteiger partial charge < -0.3 is 29.0 Å². The van der Waals surface area contributed by atoms with E-state index in [1.807, 2.05) is 6.92 Å². The predicted octanol–water partition coefficient (Wildman–Crippen LogP) is 2.22. The number of fused-ring (bicyclic) bond motifs is 1. The molecule has 3 aliphatic rings. The highest BCUT2D eigenvalue weighted by molar-refractivity contribution is 6.12. The van der Waals surface area contributed by atoms with Crippen molar-refractivity contribution in [1.82, 2.24) is 5.32 Å². The van der Waals surface area contributed by atoms with E-state index in [0.717, 1.165) is 0 Å². The highest BCUT2D eigenvalue weighted by atomic mass is 16.7. The van der Waals surface area contributed by atoms with Crippen LogP contribution in [0.2, 0.25) is 0 Å². The summed E-state index contributed by atoms with van der Waals surface area (Å²) >= 11 is 0. The van der Waals surface area contributed by atoms with E-state index in [1.165, 1.54) is 14.2 Å². The van der Waals surface area contributed by atoms with E-state index in [2.05, 4.69) is 5.32 Å². The van der Waals surface area contributed by atoms with Gasteiger partial charge in [-0.3, -0.25) is 9.59 Å². The fraction of sp³-hybridized carbons (Fsp3) is 0.458. The second-order valence-corrected chi connectivity index (χ2v) is 8.28. The summed E-state index contributed by atoms with van der Waals surface area (Å²) in [5.41, 5.74) is 2.62. The van der Waals surface area contributed by atoms with Crippen LogP contribution in [0.5, 0.6) is 11.5 Å². The molecule has 176 valence electrons. The zero-order valence-electron chi connectivity index (χ0n) is 19.1. The van der Waals surface area contributed by atoms with Crippen molar-refractivity contribution < 1.29 is 38.1 Å². The van der Waals surface area contributed by atoms with Crippen LogP contribution in [-0.4, -0.2) is 51.9 Å². The maximum atomic E-state index is 13.7. The number of esters is 2. The van der Waals surface area contributed by atoms with Crippen molar-refractivity contribution >= 4 is 17.7 Å². The topological polar surface area (TPSA) is 109 Å². The monoisotopic (exact) mass is 457 g/mol. The van der Waals surface area contributed by atoms with Gasteiger partial charge >= 0.3 is 11.9 Å². The molecule has 1 aromatic rings. The number of ketones is 1. The second kappa shape index (κ2) is 9.27. The number of rotatable bonds is 6. The Hall–Kier alpha value is -3.33. The Morgan fingerprint density at radius 3 is 2.64 bits per heavy atom. The molecule has 4 rings (SSSR count). The van der Waals surface area contributed by atoms with Gasteiger partial charge in [0.1, 0.15) is 12.5 Å². The van der Waals surface area contributed by atoms with Crippen LogP contribution in [0.15, 0.2) is 40.7 Å². The van der Waals surface area contributed by atoms with Gasteiger partial charge in [0, 0.05) is 30.0 Å². The second-order valence-electron chi connectivity index (χ2n) is 8.28. The number of hydrogen-bond acceptors (Lipinski definition) is 9. The van der Waals surface area contributed by atoms with E-state index in [9.17, 15) is 14.4 Å². The summed E-state index contributed by atoms with van der Waals surface area (Å²) in [6.45, 7) is 4.03. The summed E-state index contributed by atoms with van der Waals surface area (Å²) in [6.07, 6.45) is 0.464. The third-order valence-corrected chi connectivity index (χ3v) is 6.21. The molecule has 33 heavy (non-hydrogen) atoms. The maximum Gasteiger partial charge on any atom is 0.336 e. The predicted molar refractivity (Wildman–Crippen MR) is 115 cm³/mol. The molecule has 0 aromatic heterocycles. The van der Waals surface area contributed by atoms with E-state index in [4.69, 9.17) is 23.7 Å². The van der Waals surface area contributed by atoms with Crippen LogP contribution >= 0.6 is 0 Å². The molecule has 0 radical (unpaired) electrons. The molecule has 0 amide bonds. The molecule has 1 aromatic carbocycles. The summed E-state index contributed by atoms with van der Waals surface area (Å²) in [5, 5.41) is 3.23. The van der Waals surface area contributed by atoms with Gasteiger partial charge in [0.15, 0.2) is 17.3 Å². The fourth-order valence-electron chi connectivity index (χ4n) is 4.67. The fourth-order valence-corrected chi connectivity index (χ4v) is 4.67. The Labute approximate surface area is 191 Å². The SMILES string of the molecule is COCCOC(=O)C1=C(C)NC2=C(C(=O)[C@H](C(=O)OC)[C@H](C)C2)[C@H]1c1ccc2c(c1)OCO2. The van der Waals surface area contributed by atoms with E-state index < -0.39 is 23.8 Å². The first-order chi connectivity index (χ1) is 15.9. The highest BCUT2D eigenvalue weighted by Gasteiger charge is 2.47. The minimum atomic E-state index is -0.948. The number of Topliss-reactive ketones (excluding diaryl/α,β-unsaturated/α-hetero) is 1. The average molecular weight is 457 g/mol.